The number of hydrogen-bond acceptors (Lipinski definition) is 1. The second kappa shape index (κ2) is 2.31. The number of terminal acetylenes is 1. The van der Waals surface area contributed by atoms with E-state index in [9.17, 15) is 13.2 Å². The Hall–Kier alpha value is -1.44. The summed E-state index contributed by atoms with van der Waals surface area (Å²) in [5.41, 5.74) is 1.63. The van der Waals surface area contributed by atoms with Gasteiger partial charge in [-0.25, -0.2) is 0 Å². The van der Waals surface area contributed by atoms with Crippen LogP contribution in [0.1, 0.15) is 0 Å². The molecule has 1 heterocycles. The summed E-state index contributed by atoms with van der Waals surface area (Å²) in [6.45, 7) is 0. The predicted octanol–water partition coefficient (Wildman–Crippen LogP) is 1.04. The third-order valence-corrected chi connectivity index (χ3v) is 1.02. The second-order valence-electron chi connectivity index (χ2n) is 1.75. The monoisotopic (exact) mass is 159 g/mol. The van der Waals surface area contributed by atoms with Crippen molar-refractivity contribution in [3.05, 3.63) is 11.8 Å². The van der Waals surface area contributed by atoms with E-state index in [1.807, 2.05) is 5.92 Å². The van der Waals surface area contributed by atoms with Crippen LogP contribution in [0.5, 0.6) is 0 Å². The molecule has 2 nitrogen and oxygen atoms in total. The SMILES string of the molecule is C#CC1=C[N]N=C1C(F)(F)F. The van der Waals surface area contributed by atoms with Gasteiger partial charge < -0.3 is 0 Å². The molecule has 0 aromatic carbocycles. The zero-order chi connectivity index (χ0) is 8.48. The zero-order valence-electron chi connectivity index (χ0n) is 5.18. The van der Waals surface area contributed by atoms with Crippen molar-refractivity contribution in [2.75, 3.05) is 0 Å². The Morgan fingerprint density at radius 3 is 2.45 bits per heavy atom. The Bertz CT molecular complexity index is 267. The van der Waals surface area contributed by atoms with E-state index in [-0.39, 0.29) is 5.57 Å². The van der Waals surface area contributed by atoms with Crippen molar-refractivity contribution in [3.63, 3.8) is 0 Å². The van der Waals surface area contributed by atoms with Crippen molar-refractivity contribution >= 4 is 5.71 Å². The summed E-state index contributed by atoms with van der Waals surface area (Å²) in [5, 5.41) is 2.84. The van der Waals surface area contributed by atoms with Gasteiger partial charge in [0.2, 0.25) is 0 Å². The quantitative estimate of drug-likeness (QED) is 0.472. The van der Waals surface area contributed by atoms with Gasteiger partial charge in [-0.3, -0.25) is 0 Å². The number of nitrogens with zero attached hydrogens (tertiary/aromatic N) is 2. The molecule has 0 aromatic rings. The molecule has 0 bridgehead atoms. The van der Waals surface area contributed by atoms with Gasteiger partial charge >= 0.3 is 6.18 Å². The second-order valence-corrected chi connectivity index (χ2v) is 1.75. The van der Waals surface area contributed by atoms with E-state index in [1.54, 1.807) is 0 Å². The average Bonchev–Trinajstić information content (AvgIpc) is 2.31. The Kier molecular flexibility index (Phi) is 1.61. The lowest BCUT2D eigenvalue weighted by Gasteiger charge is -2.03. The minimum absolute atomic E-state index is 0.322. The average molecular weight is 159 g/mol. The van der Waals surface area contributed by atoms with E-state index in [2.05, 4.69) is 10.5 Å². The van der Waals surface area contributed by atoms with Crippen LogP contribution in [-0.2, 0) is 0 Å². The van der Waals surface area contributed by atoms with E-state index in [0.717, 1.165) is 6.20 Å². The summed E-state index contributed by atoms with van der Waals surface area (Å²) >= 11 is 0. The Morgan fingerprint density at radius 1 is 1.45 bits per heavy atom. The molecular formula is C6H2F3N2. The maximum absolute atomic E-state index is 11.9. The molecule has 0 aliphatic carbocycles. The molecule has 11 heavy (non-hydrogen) atoms. The van der Waals surface area contributed by atoms with Gasteiger partial charge in [-0.15, -0.1) is 11.5 Å². The van der Waals surface area contributed by atoms with Gasteiger partial charge in [-0.1, -0.05) is 5.92 Å². The number of alkyl halides is 3. The molecule has 0 atom stereocenters. The first kappa shape index (κ1) is 7.66. The summed E-state index contributed by atoms with van der Waals surface area (Å²) < 4.78 is 35.6. The molecule has 0 unspecified atom stereocenters. The van der Waals surface area contributed by atoms with Crippen LogP contribution >= 0.6 is 0 Å². The Morgan fingerprint density at radius 2 is 2.09 bits per heavy atom. The highest BCUT2D eigenvalue weighted by atomic mass is 19.4. The number of allylic oxidation sites excluding steroid dienone is 1. The highest BCUT2D eigenvalue weighted by Gasteiger charge is 2.39. The molecule has 1 aliphatic rings. The molecular weight excluding hydrogens is 157 g/mol. The number of halogens is 3. The fourth-order valence-corrected chi connectivity index (χ4v) is 0.574. The molecule has 57 valence electrons. The van der Waals surface area contributed by atoms with Gasteiger partial charge in [-0.2, -0.15) is 18.6 Å². The van der Waals surface area contributed by atoms with Gasteiger partial charge in [0.15, 0.2) is 5.71 Å². The first-order valence-corrected chi connectivity index (χ1v) is 2.58. The lowest BCUT2D eigenvalue weighted by molar-refractivity contribution is -0.0580. The molecule has 0 aromatic heterocycles. The number of rotatable bonds is 0. The maximum atomic E-state index is 11.9. The van der Waals surface area contributed by atoms with Gasteiger partial charge in [0.1, 0.15) is 0 Å². The predicted molar refractivity (Wildman–Crippen MR) is 32.5 cm³/mol. The largest absolute Gasteiger partial charge is 0.436 e. The van der Waals surface area contributed by atoms with Crippen LogP contribution < -0.4 is 5.43 Å². The molecule has 0 spiro atoms. The normalized spacial score (nSPS) is 16.5. The third-order valence-electron chi connectivity index (χ3n) is 1.02. The minimum Gasteiger partial charge on any atom is -0.164 e. The fraction of sp³-hybridized carbons (Fsp3) is 0.167. The lowest BCUT2D eigenvalue weighted by Crippen LogP contribution is -2.22. The Labute approximate surface area is 60.8 Å². The van der Waals surface area contributed by atoms with Crippen LogP contribution in [0.15, 0.2) is 16.9 Å². The highest BCUT2D eigenvalue weighted by Crippen LogP contribution is 2.23. The smallest absolute Gasteiger partial charge is 0.164 e. The van der Waals surface area contributed by atoms with Crippen LogP contribution in [0.4, 0.5) is 13.2 Å². The molecule has 0 N–H and O–H groups in total. The van der Waals surface area contributed by atoms with Gasteiger partial charge in [0.25, 0.3) is 0 Å². The summed E-state index contributed by atoms with van der Waals surface area (Å²) in [4.78, 5) is 0. The molecule has 1 rings (SSSR count). The molecule has 0 saturated carbocycles. The maximum Gasteiger partial charge on any atom is 0.436 e. The first-order valence-electron chi connectivity index (χ1n) is 2.58. The minimum atomic E-state index is -4.50. The molecule has 5 heteroatoms. The van der Waals surface area contributed by atoms with E-state index in [1.165, 1.54) is 0 Å². The zero-order valence-corrected chi connectivity index (χ0v) is 5.18. The van der Waals surface area contributed by atoms with Crippen LogP contribution in [0.3, 0.4) is 0 Å². The van der Waals surface area contributed by atoms with Crippen LogP contribution in [0, 0.1) is 12.3 Å². The van der Waals surface area contributed by atoms with Crippen LogP contribution in [-0.4, -0.2) is 11.9 Å². The van der Waals surface area contributed by atoms with E-state index in [4.69, 9.17) is 6.42 Å². The van der Waals surface area contributed by atoms with Crippen molar-refractivity contribution in [1.29, 1.82) is 0 Å². The third kappa shape index (κ3) is 1.34. The summed E-state index contributed by atoms with van der Waals surface area (Å²) in [7, 11) is 0. The van der Waals surface area contributed by atoms with Gasteiger partial charge in [0, 0.05) is 0 Å². The molecule has 1 aliphatic heterocycles. The molecule has 0 saturated heterocycles. The highest BCUT2D eigenvalue weighted by molar-refractivity contribution is 6.08. The van der Waals surface area contributed by atoms with Crippen molar-refractivity contribution in [3.8, 4) is 12.3 Å². The topological polar surface area (TPSA) is 26.5 Å². The fourth-order valence-electron chi connectivity index (χ4n) is 0.574. The van der Waals surface area contributed by atoms with Gasteiger partial charge in [-0.05, 0) is 0 Å². The lowest BCUT2D eigenvalue weighted by atomic mass is 10.2. The number of hydrogen-bond donors (Lipinski definition) is 0. The molecule has 0 amide bonds. The first-order chi connectivity index (χ1) is 5.05. The molecule has 1 radical (unpaired) electrons. The van der Waals surface area contributed by atoms with Crippen LogP contribution in [0.2, 0.25) is 0 Å². The summed E-state index contributed by atoms with van der Waals surface area (Å²) in [6, 6.07) is 0. The van der Waals surface area contributed by atoms with E-state index >= 15 is 0 Å². The molecule has 0 fully saturated rings. The summed E-state index contributed by atoms with van der Waals surface area (Å²) in [5.74, 6) is 1.84. The van der Waals surface area contributed by atoms with Gasteiger partial charge in [0.05, 0.1) is 11.8 Å². The van der Waals surface area contributed by atoms with Crippen molar-refractivity contribution < 1.29 is 13.2 Å². The van der Waals surface area contributed by atoms with E-state index in [0.29, 0.717) is 0 Å². The van der Waals surface area contributed by atoms with Crippen LogP contribution in [0.25, 0.3) is 0 Å². The standard InChI is InChI=1S/C6H2F3N2/c1-2-4-3-10-11-5(4)6(7,8)9/h1,3H. The Balaban J connectivity index is 2.94. The van der Waals surface area contributed by atoms with Crippen molar-refractivity contribution in [2.45, 2.75) is 6.18 Å². The summed E-state index contributed by atoms with van der Waals surface area (Å²) in [6.07, 6.45) is 1.17. The van der Waals surface area contributed by atoms with Crippen molar-refractivity contribution in [1.82, 2.24) is 5.43 Å². The van der Waals surface area contributed by atoms with Crippen molar-refractivity contribution in [2.24, 2.45) is 5.10 Å². The van der Waals surface area contributed by atoms with E-state index < -0.39 is 11.9 Å².